The first kappa shape index (κ1) is 10.3. The van der Waals surface area contributed by atoms with E-state index in [2.05, 4.69) is 9.98 Å². The van der Waals surface area contributed by atoms with E-state index in [4.69, 9.17) is 5.73 Å². The molecule has 1 aliphatic rings. The number of hydrogen-bond donors (Lipinski definition) is 1. The number of nitrogens with zero attached hydrogens (tertiary/aromatic N) is 2. The molecular formula is C10H12FN3S. The van der Waals surface area contributed by atoms with Crippen LogP contribution in [0.25, 0.3) is 0 Å². The van der Waals surface area contributed by atoms with Gasteiger partial charge in [0, 0.05) is 16.0 Å². The van der Waals surface area contributed by atoms with Gasteiger partial charge in [-0.3, -0.25) is 0 Å². The second-order valence-corrected chi connectivity index (χ2v) is 4.98. The molecule has 0 saturated heterocycles. The number of rotatable bonds is 1. The van der Waals surface area contributed by atoms with E-state index in [0.29, 0.717) is 0 Å². The minimum absolute atomic E-state index is 0.150. The summed E-state index contributed by atoms with van der Waals surface area (Å²) in [4.78, 5) is 9.94. The monoisotopic (exact) mass is 225 g/mol. The lowest BCUT2D eigenvalue weighted by Gasteiger charge is -2.17. The van der Waals surface area contributed by atoms with Gasteiger partial charge in [-0.05, 0) is 25.5 Å². The number of guanidine groups is 1. The predicted octanol–water partition coefficient (Wildman–Crippen LogP) is 2.14. The van der Waals surface area contributed by atoms with Crippen molar-refractivity contribution < 1.29 is 4.39 Å². The summed E-state index contributed by atoms with van der Waals surface area (Å²) in [6.07, 6.45) is 0.0457. The summed E-state index contributed by atoms with van der Waals surface area (Å²) in [6, 6.07) is 1.44. The van der Waals surface area contributed by atoms with Crippen molar-refractivity contribution in [1.29, 1.82) is 0 Å². The Balaban J connectivity index is 2.38. The fourth-order valence-electron chi connectivity index (χ4n) is 1.66. The highest BCUT2D eigenvalue weighted by Gasteiger charge is 2.26. The molecule has 0 aromatic carbocycles. The van der Waals surface area contributed by atoms with Gasteiger partial charge in [0.2, 0.25) is 5.96 Å². The van der Waals surface area contributed by atoms with Gasteiger partial charge < -0.3 is 5.73 Å². The standard InChI is InChI=1S/C10H12FN3S/c1-5-3-7(6(2)15-5)9-8(11)4-13-10(12)14-9/h3-4,8-9H,1-2H3,(H2,12,14). The summed E-state index contributed by atoms with van der Waals surface area (Å²) in [5.74, 6) is 0.150. The van der Waals surface area contributed by atoms with Crippen LogP contribution in [0.4, 0.5) is 4.39 Å². The third-order valence-electron chi connectivity index (χ3n) is 2.32. The predicted molar refractivity (Wildman–Crippen MR) is 61.5 cm³/mol. The van der Waals surface area contributed by atoms with Crippen molar-refractivity contribution in [3.8, 4) is 0 Å². The molecule has 1 aromatic rings. The molecule has 3 nitrogen and oxygen atoms in total. The summed E-state index contributed by atoms with van der Waals surface area (Å²) in [5, 5.41) is 0. The molecule has 15 heavy (non-hydrogen) atoms. The molecule has 0 fully saturated rings. The van der Waals surface area contributed by atoms with E-state index in [-0.39, 0.29) is 5.96 Å². The van der Waals surface area contributed by atoms with Gasteiger partial charge >= 0.3 is 0 Å². The molecule has 2 atom stereocenters. The van der Waals surface area contributed by atoms with Crippen LogP contribution < -0.4 is 5.73 Å². The number of nitrogens with two attached hydrogens (primary N) is 1. The quantitative estimate of drug-likeness (QED) is 0.782. The largest absolute Gasteiger partial charge is 0.368 e. The number of alkyl halides is 1. The maximum Gasteiger partial charge on any atom is 0.215 e. The van der Waals surface area contributed by atoms with Gasteiger partial charge in [-0.25, -0.2) is 14.4 Å². The average molecular weight is 225 g/mol. The highest BCUT2D eigenvalue weighted by Crippen LogP contribution is 2.32. The molecule has 2 unspecified atom stereocenters. The minimum atomic E-state index is -1.18. The first-order chi connectivity index (χ1) is 7.08. The van der Waals surface area contributed by atoms with Gasteiger partial charge in [0.15, 0.2) is 6.17 Å². The summed E-state index contributed by atoms with van der Waals surface area (Å²) < 4.78 is 13.6. The molecule has 0 spiro atoms. The van der Waals surface area contributed by atoms with Crippen LogP contribution in [0.1, 0.15) is 21.4 Å². The highest BCUT2D eigenvalue weighted by molar-refractivity contribution is 7.12. The van der Waals surface area contributed by atoms with Crippen LogP contribution in [-0.2, 0) is 0 Å². The zero-order chi connectivity index (χ0) is 11.0. The Hall–Kier alpha value is -1.23. The van der Waals surface area contributed by atoms with Crippen molar-refractivity contribution in [2.75, 3.05) is 0 Å². The third-order valence-corrected chi connectivity index (χ3v) is 3.30. The van der Waals surface area contributed by atoms with Crippen molar-refractivity contribution in [3.63, 3.8) is 0 Å². The number of halogens is 1. The molecule has 0 radical (unpaired) electrons. The lowest BCUT2D eigenvalue weighted by molar-refractivity contribution is 0.371. The zero-order valence-corrected chi connectivity index (χ0v) is 9.38. The third kappa shape index (κ3) is 1.92. The van der Waals surface area contributed by atoms with Gasteiger partial charge in [-0.2, -0.15) is 0 Å². The number of thiophene rings is 1. The maximum atomic E-state index is 13.6. The minimum Gasteiger partial charge on any atom is -0.368 e. The molecule has 80 valence electrons. The first-order valence-corrected chi connectivity index (χ1v) is 5.48. The van der Waals surface area contributed by atoms with Crippen molar-refractivity contribution in [1.82, 2.24) is 0 Å². The maximum absolute atomic E-state index is 13.6. The van der Waals surface area contributed by atoms with E-state index < -0.39 is 12.2 Å². The first-order valence-electron chi connectivity index (χ1n) is 4.66. The van der Waals surface area contributed by atoms with Crippen LogP contribution in [-0.4, -0.2) is 18.3 Å². The topological polar surface area (TPSA) is 50.7 Å². The van der Waals surface area contributed by atoms with Crippen LogP contribution in [0.5, 0.6) is 0 Å². The van der Waals surface area contributed by atoms with Crippen LogP contribution in [0.2, 0.25) is 0 Å². The van der Waals surface area contributed by atoms with E-state index in [0.717, 1.165) is 15.3 Å². The van der Waals surface area contributed by atoms with E-state index in [9.17, 15) is 4.39 Å². The summed E-state index contributed by atoms with van der Waals surface area (Å²) >= 11 is 1.64. The van der Waals surface area contributed by atoms with Gasteiger partial charge in [-0.1, -0.05) is 0 Å². The molecule has 0 aliphatic carbocycles. The molecular weight excluding hydrogens is 213 g/mol. The lowest BCUT2D eigenvalue weighted by atomic mass is 10.0. The molecule has 0 amide bonds. The second-order valence-electron chi connectivity index (χ2n) is 3.52. The molecule has 0 bridgehead atoms. The van der Waals surface area contributed by atoms with Gasteiger partial charge in [-0.15, -0.1) is 11.3 Å². The number of aryl methyl sites for hydroxylation is 2. The van der Waals surface area contributed by atoms with E-state index in [1.807, 2.05) is 19.9 Å². The summed E-state index contributed by atoms with van der Waals surface area (Å²) in [5.41, 5.74) is 6.39. The van der Waals surface area contributed by atoms with E-state index in [1.165, 1.54) is 6.21 Å². The molecule has 1 aromatic heterocycles. The SMILES string of the molecule is Cc1cc(C2N=C(N)N=CC2F)c(C)s1. The van der Waals surface area contributed by atoms with Crippen molar-refractivity contribution in [3.05, 3.63) is 21.4 Å². The molecule has 2 rings (SSSR count). The molecule has 1 aliphatic heterocycles. The lowest BCUT2D eigenvalue weighted by Crippen LogP contribution is -2.24. The Bertz CT molecular complexity index is 436. The van der Waals surface area contributed by atoms with Crippen LogP contribution in [0, 0.1) is 13.8 Å². The van der Waals surface area contributed by atoms with Crippen LogP contribution >= 0.6 is 11.3 Å². The Morgan fingerprint density at radius 1 is 1.47 bits per heavy atom. The zero-order valence-electron chi connectivity index (χ0n) is 8.57. The van der Waals surface area contributed by atoms with Crippen LogP contribution in [0.15, 0.2) is 16.1 Å². The van der Waals surface area contributed by atoms with Crippen LogP contribution in [0.3, 0.4) is 0 Å². The molecule has 5 heteroatoms. The van der Waals surface area contributed by atoms with E-state index >= 15 is 0 Å². The fourth-order valence-corrected chi connectivity index (χ4v) is 2.63. The van der Waals surface area contributed by atoms with Gasteiger partial charge in [0.25, 0.3) is 0 Å². The van der Waals surface area contributed by atoms with Crippen molar-refractivity contribution in [2.24, 2.45) is 15.7 Å². The smallest absolute Gasteiger partial charge is 0.215 e. The fraction of sp³-hybridized carbons (Fsp3) is 0.400. The Morgan fingerprint density at radius 3 is 2.80 bits per heavy atom. The Labute approximate surface area is 91.6 Å². The Morgan fingerprint density at radius 2 is 2.20 bits per heavy atom. The molecule has 2 N–H and O–H groups in total. The molecule has 2 heterocycles. The van der Waals surface area contributed by atoms with Gasteiger partial charge in [0.05, 0.1) is 0 Å². The number of hydrogen-bond acceptors (Lipinski definition) is 4. The average Bonchev–Trinajstić information content (AvgIpc) is 2.50. The second kappa shape index (κ2) is 3.73. The summed E-state index contributed by atoms with van der Waals surface area (Å²) in [7, 11) is 0. The summed E-state index contributed by atoms with van der Waals surface area (Å²) in [6.45, 7) is 3.97. The van der Waals surface area contributed by atoms with Crippen molar-refractivity contribution >= 4 is 23.5 Å². The normalized spacial score (nSPS) is 25.4. The van der Waals surface area contributed by atoms with Gasteiger partial charge in [0.1, 0.15) is 6.04 Å². The Kier molecular flexibility index (Phi) is 2.56. The van der Waals surface area contributed by atoms with E-state index in [1.54, 1.807) is 11.3 Å². The molecule has 0 saturated carbocycles. The van der Waals surface area contributed by atoms with Crippen molar-refractivity contribution in [2.45, 2.75) is 26.1 Å². The number of aliphatic imine (C=N–C) groups is 2. The highest BCUT2D eigenvalue weighted by atomic mass is 32.1.